The van der Waals surface area contributed by atoms with Crippen molar-refractivity contribution in [2.75, 3.05) is 5.75 Å². The number of pyridine rings is 1. The third-order valence-electron chi connectivity index (χ3n) is 2.67. The maximum absolute atomic E-state index is 12.1. The SMILES string of the molecule is CCSc1cccc2c(C)cn(C)c(=O)c12. The van der Waals surface area contributed by atoms with Gasteiger partial charge in [0.25, 0.3) is 5.56 Å². The first-order valence-electron chi connectivity index (χ1n) is 5.37. The minimum Gasteiger partial charge on any atom is -0.318 e. The monoisotopic (exact) mass is 233 g/mol. The van der Waals surface area contributed by atoms with Gasteiger partial charge >= 0.3 is 0 Å². The fourth-order valence-electron chi connectivity index (χ4n) is 1.95. The van der Waals surface area contributed by atoms with Crippen LogP contribution in [-0.4, -0.2) is 10.3 Å². The average molecular weight is 233 g/mol. The van der Waals surface area contributed by atoms with Crippen LogP contribution >= 0.6 is 11.8 Å². The quantitative estimate of drug-likeness (QED) is 0.744. The maximum atomic E-state index is 12.1. The van der Waals surface area contributed by atoms with Gasteiger partial charge in [-0.25, -0.2) is 0 Å². The Morgan fingerprint density at radius 2 is 2.12 bits per heavy atom. The number of aromatic nitrogens is 1. The van der Waals surface area contributed by atoms with E-state index in [4.69, 9.17) is 0 Å². The van der Waals surface area contributed by atoms with E-state index >= 15 is 0 Å². The van der Waals surface area contributed by atoms with Crippen LogP contribution in [0.25, 0.3) is 10.8 Å². The molecule has 0 unspecified atom stereocenters. The van der Waals surface area contributed by atoms with Crippen molar-refractivity contribution < 1.29 is 0 Å². The Morgan fingerprint density at radius 1 is 1.38 bits per heavy atom. The van der Waals surface area contributed by atoms with Crippen LogP contribution in [0.5, 0.6) is 0 Å². The molecule has 84 valence electrons. The summed E-state index contributed by atoms with van der Waals surface area (Å²) in [5.74, 6) is 0.982. The van der Waals surface area contributed by atoms with Gasteiger partial charge in [-0.2, -0.15) is 0 Å². The molecular formula is C13H15NOS. The Morgan fingerprint density at radius 3 is 2.81 bits per heavy atom. The highest BCUT2D eigenvalue weighted by Gasteiger charge is 2.08. The number of benzene rings is 1. The molecule has 0 aliphatic carbocycles. The predicted molar refractivity (Wildman–Crippen MR) is 70.3 cm³/mol. The maximum Gasteiger partial charge on any atom is 0.259 e. The van der Waals surface area contributed by atoms with Crippen LogP contribution in [0, 0.1) is 6.92 Å². The fraction of sp³-hybridized carbons (Fsp3) is 0.308. The summed E-state index contributed by atoms with van der Waals surface area (Å²) >= 11 is 1.72. The van der Waals surface area contributed by atoms with Crippen molar-refractivity contribution in [2.24, 2.45) is 7.05 Å². The molecule has 0 amide bonds. The first-order chi connectivity index (χ1) is 7.65. The molecular weight excluding hydrogens is 218 g/mol. The lowest BCUT2D eigenvalue weighted by Gasteiger charge is -2.09. The lowest BCUT2D eigenvalue weighted by Crippen LogP contribution is -2.17. The van der Waals surface area contributed by atoms with E-state index < -0.39 is 0 Å². The van der Waals surface area contributed by atoms with Gasteiger partial charge in [-0.3, -0.25) is 4.79 Å². The van der Waals surface area contributed by atoms with E-state index in [1.807, 2.05) is 38.4 Å². The predicted octanol–water partition coefficient (Wildman–Crippen LogP) is 2.96. The van der Waals surface area contributed by atoms with Crippen molar-refractivity contribution in [1.29, 1.82) is 0 Å². The molecule has 0 saturated carbocycles. The molecule has 0 atom stereocenters. The van der Waals surface area contributed by atoms with E-state index in [1.165, 1.54) is 0 Å². The Kier molecular flexibility index (Phi) is 3.06. The topological polar surface area (TPSA) is 22.0 Å². The van der Waals surface area contributed by atoms with Crippen LogP contribution < -0.4 is 5.56 Å². The molecule has 0 saturated heterocycles. The second-order valence-electron chi connectivity index (χ2n) is 3.84. The lowest BCUT2D eigenvalue weighted by molar-refractivity contribution is 0.864. The molecule has 0 fully saturated rings. The molecule has 0 bridgehead atoms. The molecule has 2 rings (SSSR count). The summed E-state index contributed by atoms with van der Waals surface area (Å²) < 4.78 is 1.66. The zero-order valence-electron chi connectivity index (χ0n) is 9.78. The standard InChI is InChI=1S/C13H15NOS/c1-4-16-11-7-5-6-10-9(2)8-14(3)13(15)12(10)11/h5-8H,4H2,1-3H3. The van der Waals surface area contributed by atoms with Gasteiger partial charge in [-0.05, 0) is 29.7 Å². The van der Waals surface area contributed by atoms with Gasteiger partial charge in [-0.15, -0.1) is 11.8 Å². The van der Waals surface area contributed by atoms with E-state index in [2.05, 4.69) is 6.92 Å². The van der Waals surface area contributed by atoms with Crippen LogP contribution in [0.15, 0.2) is 34.1 Å². The summed E-state index contributed by atoms with van der Waals surface area (Å²) in [7, 11) is 1.81. The van der Waals surface area contributed by atoms with E-state index in [-0.39, 0.29) is 5.56 Å². The Bertz CT molecular complexity index is 586. The average Bonchev–Trinajstić information content (AvgIpc) is 2.26. The smallest absolute Gasteiger partial charge is 0.259 e. The summed E-state index contributed by atoms with van der Waals surface area (Å²) in [6.07, 6.45) is 1.89. The van der Waals surface area contributed by atoms with Crippen LogP contribution in [0.3, 0.4) is 0 Å². The van der Waals surface area contributed by atoms with Gasteiger partial charge < -0.3 is 4.57 Å². The molecule has 1 aromatic carbocycles. The van der Waals surface area contributed by atoms with Crippen molar-refractivity contribution in [2.45, 2.75) is 18.7 Å². The highest BCUT2D eigenvalue weighted by molar-refractivity contribution is 7.99. The Balaban J connectivity index is 2.90. The lowest BCUT2D eigenvalue weighted by atomic mass is 10.1. The van der Waals surface area contributed by atoms with Gasteiger partial charge in [0.15, 0.2) is 0 Å². The highest BCUT2D eigenvalue weighted by atomic mass is 32.2. The summed E-state index contributed by atoms with van der Waals surface area (Å²) in [6.45, 7) is 4.14. The highest BCUT2D eigenvalue weighted by Crippen LogP contribution is 2.26. The number of rotatable bonds is 2. The molecule has 1 aromatic heterocycles. The van der Waals surface area contributed by atoms with E-state index in [0.717, 1.165) is 27.0 Å². The Labute approximate surface area is 99.3 Å². The molecule has 2 aromatic rings. The van der Waals surface area contributed by atoms with Gasteiger partial charge in [-0.1, -0.05) is 19.1 Å². The number of fused-ring (bicyclic) bond motifs is 1. The second kappa shape index (κ2) is 4.34. The third kappa shape index (κ3) is 1.76. The van der Waals surface area contributed by atoms with Crippen LogP contribution in [-0.2, 0) is 7.05 Å². The summed E-state index contributed by atoms with van der Waals surface area (Å²) in [5, 5.41) is 1.93. The number of hydrogen-bond donors (Lipinski definition) is 0. The first-order valence-corrected chi connectivity index (χ1v) is 6.35. The zero-order valence-corrected chi connectivity index (χ0v) is 10.6. The number of thioether (sulfide) groups is 1. The molecule has 0 aliphatic heterocycles. The molecule has 0 aliphatic rings. The normalized spacial score (nSPS) is 10.9. The molecule has 0 spiro atoms. The molecule has 2 nitrogen and oxygen atoms in total. The first kappa shape index (κ1) is 11.3. The zero-order chi connectivity index (χ0) is 11.7. The Hall–Kier alpha value is -1.22. The van der Waals surface area contributed by atoms with Crippen LogP contribution in [0.4, 0.5) is 0 Å². The van der Waals surface area contributed by atoms with Gasteiger partial charge in [0.2, 0.25) is 0 Å². The van der Waals surface area contributed by atoms with Gasteiger partial charge in [0.05, 0.1) is 5.39 Å². The number of nitrogens with zero attached hydrogens (tertiary/aromatic N) is 1. The fourth-order valence-corrected chi connectivity index (χ4v) is 2.78. The molecule has 1 heterocycles. The minimum atomic E-state index is 0.0946. The number of hydrogen-bond acceptors (Lipinski definition) is 2. The van der Waals surface area contributed by atoms with Crippen molar-refractivity contribution in [3.05, 3.63) is 40.3 Å². The summed E-state index contributed by atoms with van der Waals surface area (Å²) in [6, 6.07) is 6.07. The van der Waals surface area contributed by atoms with Crippen molar-refractivity contribution in [3.63, 3.8) is 0 Å². The second-order valence-corrected chi connectivity index (χ2v) is 5.15. The van der Waals surface area contributed by atoms with E-state index in [9.17, 15) is 4.79 Å². The summed E-state index contributed by atoms with van der Waals surface area (Å²) in [5.41, 5.74) is 1.24. The third-order valence-corrected chi connectivity index (χ3v) is 3.61. The van der Waals surface area contributed by atoms with Gasteiger partial charge in [0, 0.05) is 18.1 Å². The van der Waals surface area contributed by atoms with Crippen LogP contribution in [0.1, 0.15) is 12.5 Å². The van der Waals surface area contributed by atoms with E-state index in [1.54, 1.807) is 16.3 Å². The molecule has 0 N–H and O–H groups in total. The molecule has 0 radical (unpaired) electrons. The largest absolute Gasteiger partial charge is 0.318 e. The number of aryl methyl sites for hydroxylation is 2. The van der Waals surface area contributed by atoms with Crippen molar-refractivity contribution >= 4 is 22.5 Å². The van der Waals surface area contributed by atoms with Crippen LogP contribution in [0.2, 0.25) is 0 Å². The minimum absolute atomic E-state index is 0.0946. The molecule has 3 heteroatoms. The van der Waals surface area contributed by atoms with Gasteiger partial charge in [0.1, 0.15) is 0 Å². The van der Waals surface area contributed by atoms with Crippen molar-refractivity contribution in [1.82, 2.24) is 4.57 Å². The van der Waals surface area contributed by atoms with Crippen molar-refractivity contribution in [3.8, 4) is 0 Å². The summed E-state index contributed by atoms with van der Waals surface area (Å²) in [4.78, 5) is 13.2. The van der Waals surface area contributed by atoms with E-state index in [0.29, 0.717) is 0 Å². The molecule has 16 heavy (non-hydrogen) atoms.